The zero-order chi connectivity index (χ0) is 31.0. The van der Waals surface area contributed by atoms with Crippen molar-refractivity contribution in [2.45, 2.75) is 32.5 Å². The highest BCUT2D eigenvalue weighted by Gasteiger charge is 2.44. The van der Waals surface area contributed by atoms with E-state index in [-0.39, 0.29) is 11.7 Å². The maximum absolute atomic E-state index is 6.37. The van der Waals surface area contributed by atoms with Crippen LogP contribution in [0.3, 0.4) is 0 Å². The molecule has 0 saturated carbocycles. The number of hydrogen-bond donors (Lipinski definition) is 0. The van der Waals surface area contributed by atoms with Gasteiger partial charge in [0.2, 0.25) is 0 Å². The minimum Gasteiger partial charge on any atom is -0.456 e. The summed E-state index contributed by atoms with van der Waals surface area (Å²) in [4.78, 5) is 0. The Labute approximate surface area is 267 Å². The first-order valence-corrected chi connectivity index (χ1v) is 15.9. The lowest BCUT2D eigenvalue weighted by Gasteiger charge is -2.21. The number of para-hydroxylation sites is 2. The summed E-state index contributed by atoms with van der Waals surface area (Å²) in [6, 6.07) is 47.5. The molecule has 0 amide bonds. The first kappa shape index (κ1) is 27.2. The van der Waals surface area contributed by atoms with Crippen LogP contribution < -0.4 is 5.46 Å². The van der Waals surface area contributed by atoms with E-state index >= 15 is 0 Å². The van der Waals surface area contributed by atoms with E-state index in [9.17, 15) is 0 Å². The van der Waals surface area contributed by atoms with E-state index in [2.05, 4.69) is 147 Å². The van der Waals surface area contributed by atoms with Crippen LogP contribution in [0.4, 0.5) is 0 Å². The van der Waals surface area contributed by atoms with Gasteiger partial charge < -0.3 is 18.3 Å². The normalized spacial score (nSPS) is 16.3. The van der Waals surface area contributed by atoms with Gasteiger partial charge in [-0.3, -0.25) is 0 Å². The third-order valence-corrected chi connectivity index (χ3v) is 9.71. The Morgan fingerprint density at radius 1 is 0.587 bits per heavy atom. The molecule has 9 rings (SSSR count). The third-order valence-electron chi connectivity index (χ3n) is 9.71. The molecule has 1 atom stereocenters. The number of hydrogen-bond acceptors (Lipinski definition) is 3. The van der Waals surface area contributed by atoms with Crippen molar-refractivity contribution in [1.82, 2.24) is 4.57 Å². The third kappa shape index (κ3) is 4.23. The van der Waals surface area contributed by atoms with Gasteiger partial charge in [0, 0.05) is 27.2 Å². The average molecular weight is 598 g/mol. The van der Waals surface area contributed by atoms with Crippen LogP contribution in [0.5, 0.6) is 0 Å². The number of fused-ring (bicyclic) bond motifs is 6. The van der Waals surface area contributed by atoms with E-state index < -0.39 is 7.12 Å². The average Bonchev–Trinajstić information content (AvgIpc) is 3.72. The Morgan fingerprint density at radius 3 is 2.04 bits per heavy atom. The molecule has 0 aliphatic carbocycles. The van der Waals surface area contributed by atoms with Crippen molar-refractivity contribution < 1.29 is 13.7 Å². The highest BCUT2D eigenvalue weighted by Crippen LogP contribution is 2.37. The van der Waals surface area contributed by atoms with Crippen molar-refractivity contribution in [1.29, 1.82) is 0 Å². The van der Waals surface area contributed by atoms with E-state index in [4.69, 9.17) is 13.7 Å². The van der Waals surface area contributed by atoms with Gasteiger partial charge in [-0.1, -0.05) is 78.9 Å². The molecular formula is C41H32BNO3. The van der Waals surface area contributed by atoms with Crippen molar-refractivity contribution in [3.63, 3.8) is 0 Å². The molecule has 2 aromatic heterocycles. The molecule has 1 fully saturated rings. The van der Waals surface area contributed by atoms with E-state index in [0.717, 1.165) is 44.2 Å². The van der Waals surface area contributed by atoms with Crippen LogP contribution in [0, 0.1) is 0 Å². The van der Waals surface area contributed by atoms with Crippen LogP contribution in [0.1, 0.15) is 20.8 Å². The molecular weight excluding hydrogens is 565 g/mol. The topological polar surface area (TPSA) is 36.5 Å². The lowest BCUT2D eigenvalue weighted by molar-refractivity contribution is 0.0842. The Balaban J connectivity index is 1.15. The van der Waals surface area contributed by atoms with Gasteiger partial charge in [0.25, 0.3) is 0 Å². The minimum absolute atomic E-state index is 0.0154. The zero-order valence-corrected chi connectivity index (χ0v) is 26.0. The molecule has 0 bridgehead atoms. The fourth-order valence-corrected chi connectivity index (χ4v) is 7.00. The van der Waals surface area contributed by atoms with Gasteiger partial charge in [-0.2, -0.15) is 0 Å². The van der Waals surface area contributed by atoms with Crippen molar-refractivity contribution in [3.8, 4) is 27.9 Å². The van der Waals surface area contributed by atoms with Crippen molar-refractivity contribution in [2.75, 3.05) is 0 Å². The van der Waals surface area contributed by atoms with E-state index in [1.807, 2.05) is 12.1 Å². The Morgan fingerprint density at radius 2 is 1.26 bits per heavy atom. The number of rotatable bonds is 4. The summed E-state index contributed by atoms with van der Waals surface area (Å²) in [6.45, 7) is 6.22. The molecule has 5 heteroatoms. The molecule has 222 valence electrons. The Hall–Kier alpha value is -5.10. The smallest absolute Gasteiger partial charge is 0.456 e. The maximum atomic E-state index is 6.37. The van der Waals surface area contributed by atoms with Crippen LogP contribution in [0.25, 0.3) is 71.7 Å². The van der Waals surface area contributed by atoms with E-state index in [1.54, 1.807) is 0 Å². The summed E-state index contributed by atoms with van der Waals surface area (Å²) in [7, 11) is -0.441. The molecule has 46 heavy (non-hydrogen) atoms. The fourth-order valence-electron chi connectivity index (χ4n) is 7.00. The molecule has 0 N–H and O–H groups in total. The predicted molar refractivity (Wildman–Crippen MR) is 190 cm³/mol. The highest BCUT2D eigenvalue weighted by atomic mass is 16.7. The number of aromatic nitrogens is 1. The van der Waals surface area contributed by atoms with Gasteiger partial charge in [0.15, 0.2) is 0 Å². The van der Waals surface area contributed by atoms with Crippen LogP contribution in [0.15, 0.2) is 138 Å². The molecule has 6 aromatic carbocycles. The van der Waals surface area contributed by atoms with Gasteiger partial charge in [0.1, 0.15) is 11.2 Å². The van der Waals surface area contributed by atoms with Gasteiger partial charge in [-0.05, 0) is 103 Å². The van der Waals surface area contributed by atoms with Gasteiger partial charge >= 0.3 is 7.12 Å². The highest BCUT2D eigenvalue weighted by molar-refractivity contribution is 6.65. The van der Waals surface area contributed by atoms with Crippen molar-refractivity contribution in [3.05, 3.63) is 133 Å². The Kier molecular flexibility index (Phi) is 6.05. The van der Waals surface area contributed by atoms with E-state index in [0.29, 0.717) is 0 Å². The van der Waals surface area contributed by atoms with Gasteiger partial charge in [-0.15, -0.1) is 0 Å². The van der Waals surface area contributed by atoms with Gasteiger partial charge in [0.05, 0.1) is 22.7 Å². The molecule has 1 aliphatic heterocycles. The monoisotopic (exact) mass is 597 g/mol. The SMILES string of the molecule is CC1OB(c2cccc3oc4ccc(-c5cccc(-c6ccc7c(c6)c6ccccc6n7-c6ccccc6)c5)cc4c23)OC1(C)C. The first-order valence-electron chi connectivity index (χ1n) is 15.9. The van der Waals surface area contributed by atoms with Crippen molar-refractivity contribution in [2.24, 2.45) is 0 Å². The summed E-state index contributed by atoms with van der Waals surface area (Å²) in [5.74, 6) is 0. The standard InChI is InChI=1S/C41H32BNO3/c1-26-41(2,3)46-42(45-26)35-16-10-18-39-40(35)34-25-30(20-22-38(34)44-39)28-12-9-11-27(23-28)29-19-21-37-33(24-29)32-15-7-8-17-36(32)43(37)31-13-5-4-6-14-31/h4-26H,1-3H3. The lowest BCUT2D eigenvalue weighted by atomic mass is 9.76. The first-order chi connectivity index (χ1) is 22.4. The second-order valence-electron chi connectivity index (χ2n) is 12.9. The largest absolute Gasteiger partial charge is 0.495 e. The number of nitrogens with zero attached hydrogens (tertiary/aromatic N) is 1. The summed E-state index contributed by atoms with van der Waals surface area (Å²) in [6.07, 6.45) is -0.0154. The predicted octanol–water partition coefficient (Wildman–Crippen LogP) is 9.93. The van der Waals surface area contributed by atoms with Crippen molar-refractivity contribution >= 4 is 56.3 Å². The Bertz CT molecular complexity index is 2440. The molecule has 1 saturated heterocycles. The molecule has 1 aliphatic rings. The fraction of sp³-hybridized carbons (Fsp3) is 0.122. The van der Waals surface area contributed by atoms with E-state index in [1.165, 1.54) is 32.9 Å². The quantitative estimate of drug-likeness (QED) is 0.190. The van der Waals surface area contributed by atoms with Crippen LogP contribution in [-0.2, 0) is 9.31 Å². The summed E-state index contributed by atoms with van der Waals surface area (Å²) < 4.78 is 21.3. The number of benzene rings is 6. The summed E-state index contributed by atoms with van der Waals surface area (Å²) in [5.41, 5.74) is 10.6. The zero-order valence-electron chi connectivity index (χ0n) is 26.0. The summed E-state index contributed by atoms with van der Waals surface area (Å²) in [5, 5.41) is 4.61. The van der Waals surface area contributed by atoms with Crippen LogP contribution in [0.2, 0.25) is 0 Å². The van der Waals surface area contributed by atoms with Crippen LogP contribution >= 0.6 is 0 Å². The second-order valence-corrected chi connectivity index (χ2v) is 12.9. The lowest BCUT2D eigenvalue weighted by Crippen LogP contribution is -2.35. The molecule has 0 radical (unpaired) electrons. The maximum Gasteiger partial charge on any atom is 0.495 e. The molecule has 8 aromatic rings. The molecule has 0 spiro atoms. The minimum atomic E-state index is -0.441. The number of furan rings is 1. The molecule has 3 heterocycles. The van der Waals surface area contributed by atoms with Crippen LogP contribution in [-0.4, -0.2) is 23.4 Å². The summed E-state index contributed by atoms with van der Waals surface area (Å²) >= 11 is 0. The van der Waals surface area contributed by atoms with Gasteiger partial charge in [-0.25, -0.2) is 0 Å². The molecule has 1 unspecified atom stereocenters. The molecule has 4 nitrogen and oxygen atoms in total. The second kappa shape index (κ2) is 10.2.